The highest BCUT2D eigenvalue weighted by molar-refractivity contribution is 6.00. The van der Waals surface area contributed by atoms with E-state index in [0.29, 0.717) is 13.2 Å². The van der Waals surface area contributed by atoms with E-state index in [4.69, 9.17) is 9.72 Å². The van der Waals surface area contributed by atoms with Gasteiger partial charge in [0.15, 0.2) is 0 Å². The fourth-order valence-electron chi connectivity index (χ4n) is 4.24. The first-order valence-corrected chi connectivity index (χ1v) is 9.85. The Morgan fingerprint density at radius 3 is 2.86 bits per heavy atom. The van der Waals surface area contributed by atoms with E-state index in [2.05, 4.69) is 31.0 Å². The van der Waals surface area contributed by atoms with Gasteiger partial charge in [-0.05, 0) is 25.0 Å². The molecule has 0 aromatic carbocycles. The molecule has 1 unspecified atom stereocenters. The minimum atomic E-state index is 0.145. The zero-order valence-electron chi connectivity index (χ0n) is 15.7. The van der Waals surface area contributed by atoms with Crippen LogP contribution in [0.15, 0.2) is 30.6 Å². The van der Waals surface area contributed by atoms with Crippen molar-refractivity contribution in [3.63, 3.8) is 0 Å². The number of nitrogens with one attached hydrogen (secondary N) is 1. The quantitative estimate of drug-likeness (QED) is 0.713. The topological polar surface area (TPSA) is 90.4 Å². The van der Waals surface area contributed by atoms with Gasteiger partial charge in [-0.2, -0.15) is 5.10 Å². The number of pyridine rings is 2. The number of aromatic nitrogens is 4. The van der Waals surface area contributed by atoms with Gasteiger partial charge in [0.2, 0.25) is 0 Å². The number of rotatable bonds is 4. The molecule has 0 aliphatic carbocycles. The number of nitrogens with zero attached hydrogens (tertiary/aromatic N) is 5. The predicted octanol–water partition coefficient (Wildman–Crippen LogP) is 1.82. The van der Waals surface area contributed by atoms with Crippen LogP contribution in [0.5, 0.6) is 0 Å². The second kappa shape index (κ2) is 7.37. The molecule has 2 aliphatic rings. The smallest absolute Gasteiger partial charge is 0.131 e. The molecule has 0 bridgehead atoms. The van der Waals surface area contributed by atoms with Crippen molar-refractivity contribution in [3.8, 4) is 11.4 Å². The van der Waals surface area contributed by atoms with Gasteiger partial charge in [-0.3, -0.25) is 10.1 Å². The first-order chi connectivity index (χ1) is 13.8. The van der Waals surface area contributed by atoms with Crippen LogP contribution in [0.2, 0.25) is 0 Å². The van der Waals surface area contributed by atoms with E-state index in [1.807, 2.05) is 18.3 Å². The van der Waals surface area contributed by atoms with Crippen molar-refractivity contribution in [1.29, 1.82) is 0 Å². The van der Waals surface area contributed by atoms with Gasteiger partial charge in [0, 0.05) is 43.5 Å². The summed E-state index contributed by atoms with van der Waals surface area (Å²) in [4.78, 5) is 14.2. The van der Waals surface area contributed by atoms with Crippen LogP contribution in [0.25, 0.3) is 22.3 Å². The van der Waals surface area contributed by atoms with Gasteiger partial charge in [0.25, 0.3) is 0 Å². The second-order valence-electron chi connectivity index (χ2n) is 7.30. The first-order valence-electron chi connectivity index (χ1n) is 9.85. The lowest BCUT2D eigenvalue weighted by Crippen LogP contribution is -2.37. The van der Waals surface area contributed by atoms with Crippen LogP contribution >= 0.6 is 0 Å². The van der Waals surface area contributed by atoms with Crippen molar-refractivity contribution in [2.75, 3.05) is 49.3 Å². The summed E-state index contributed by atoms with van der Waals surface area (Å²) in [7, 11) is 0. The molecule has 0 amide bonds. The molecule has 2 fully saturated rings. The van der Waals surface area contributed by atoms with Gasteiger partial charge in [0.05, 0.1) is 37.2 Å². The Balaban J connectivity index is 1.71. The Hall–Kier alpha value is -2.71. The third kappa shape index (κ3) is 2.98. The lowest BCUT2D eigenvalue weighted by Gasteiger charge is -2.31. The molecular formula is C20H24N6O2. The number of hydrogen-bond acceptors (Lipinski definition) is 7. The summed E-state index contributed by atoms with van der Waals surface area (Å²) >= 11 is 0. The Kier molecular flexibility index (Phi) is 4.58. The van der Waals surface area contributed by atoms with Crippen LogP contribution in [-0.4, -0.2) is 70.8 Å². The Labute approximate surface area is 163 Å². The molecule has 2 aliphatic heterocycles. The van der Waals surface area contributed by atoms with Crippen LogP contribution in [-0.2, 0) is 4.74 Å². The summed E-state index contributed by atoms with van der Waals surface area (Å²) in [6.45, 7) is 4.16. The van der Waals surface area contributed by atoms with E-state index in [1.165, 1.54) is 0 Å². The molecule has 8 nitrogen and oxygen atoms in total. The van der Waals surface area contributed by atoms with Crippen molar-refractivity contribution in [3.05, 3.63) is 30.6 Å². The van der Waals surface area contributed by atoms with Gasteiger partial charge >= 0.3 is 0 Å². The molecule has 5 rings (SSSR count). The molecule has 1 atom stereocenters. The van der Waals surface area contributed by atoms with Crippen molar-refractivity contribution in [1.82, 2.24) is 20.2 Å². The van der Waals surface area contributed by atoms with Crippen LogP contribution in [0, 0.1) is 0 Å². The summed E-state index contributed by atoms with van der Waals surface area (Å²) in [5.74, 6) is 0.933. The zero-order chi connectivity index (χ0) is 18.9. The van der Waals surface area contributed by atoms with Gasteiger partial charge in [-0.1, -0.05) is 0 Å². The van der Waals surface area contributed by atoms with Crippen LogP contribution in [0.1, 0.15) is 12.8 Å². The highest BCUT2D eigenvalue weighted by Gasteiger charge is 2.27. The predicted molar refractivity (Wildman–Crippen MR) is 108 cm³/mol. The monoisotopic (exact) mass is 380 g/mol. The Bertz CT molecular complexity index is 955. The molecule has 8 heteroatoms. The number of fused-ring (bicyclic) bond motifs is 1. The Morgan fingerprint density at radius 2 is 2.07 bits per heavy atom. The number of H-pyrrole nitrogens is 1. The molecule has 2 saturated heterocycles. The standard InChI is InChI=1S/C20H24N6O2/c27-13-14-2-1-7-26(14)17-12-18(25-8-10-28-11-9-25)23-19-15(17)3-5-21-20(19)16-4-6-22-24-16/h3-6,12,14,27H,1-2,7-11,13H2,(H,22,24). The highest BCUT2D eigenvalue weighted by atomic mass is 16.5. The molecule has 146 valence electrons. The van der Waals surface area contributed by atoms with Crippen LogP contribution in [0.4, 0.5) is 11.5 Å². The zero-order valence-corrected chi connectivity index (χ0v) is 15.7. The molecule has 3 aromatic heterocycles. The van der Waals surface area contributed by atoms with Crippen molar-refractivity contribution in [2.24, 2.45) is 0 Å². The molecule has 2 N–H and O–H groups in total. The molecule has 0 saturated carbocycles. The number of hydrogen-bond donors (Lipinski definition) is 2. The van der Waals surface area contributed by atoms with E-state index >= 15 is 0 Å². The fourth-order valence-corrected chi connectivity index (χ4v) is 4.24. The molecule has 28 heavy (non-hydrogen) atoms. The average Bonchev–Trinajstić information content (AvgIpc) is 3.45. The largest absolute Gasteiger partial charge is 0.394 e. The van der Waals surface area contributed by atoms with Crippen molar-refractivity contribution >= 4 is 22.4 Å². The fraction of sp³-hybridized carbons (Fsp3) is 0.450. The summed E-state index contributed by atoms with van der Waals surface area (Å²) in [6, 6.07) is 6.25. The maximum atomic E-state index is 9.88. The summed E-state index contributed by atoms with van der Waals surface area (Å²) in [5.41, 5.74) is 3.62. The first kappa shape index (κ1) is 17.4. The van der Waals surface area contributed by atoms with E-state index < -0.39 is 0 Å². The SMILES string of the molecule is OCC1CCCN1c1cc(N2CCOCC2)nc2c(-c3ccn[nH]3)nccc12. The maximum Gasteiger partial charge on any atom is 0.131 e. The van der Waals surface area contributed by atoms with Gasteiger partial charge in [0.1, 0.15) is 17.0 Å². The highest BCUT2D eigenvalue weighted by Crippen LogP contribution is 2.37. The minimum Gasteiger partial charge on any atom is -0.394 e. The van der Waals surface area contributed by atoms with E-state index in [9.17, 15) is 5.11 Å². The van der Waals surface area contributed by atoms with Gasteiger partial charge in [-0.25, -0.2) is 4.98 Å². The number of aliphatic hydroxyl groups excluding tert-OH is 1. The number of aromatic amines is 1. The maximum absolute atomic E-state index is 9.88. The molecule has 0 radical (unpaired) electrons. The number of morpholine rings is 1. The Morgan fingerprint density at radius 1 is 1.18 bits per heavy atom. The van der Waals surface area contributed by atoms with Crippen molar-refractivity contribution in [2.45, 2.75) is 18.9 Å². The van der Waals surface area contributed by atoms with Crippen LogP contribution in [0.3, 0.4) is 0 Å². The molecule has 3 aromatic rings. The summed E-state index contributed by atoms with van der Waals surface area (Å²) in [6.07, 6.45) is 5.64. The van der Waals surface area contributed by atoms with E-state index in [0.717, 1.165) is 66.3 Å². The number of anilines is 2. The van der Waals surface area contributed by atoms with Crippen molar-refractivity contribution < 1.29 is 9.84 Å². The van der Waals surface area contributed by atoms with E-state index in [1.54, 1.807) is 6.20 Å². The third-order valence-corrected chi connectivity index (χ3v) is 5.68. The lowest BCUT2D eigenvalue weighted by atomic mass is 10.1. The van der Waals surface area contributed by atoms with E-state index in [-0.39, 0.29) is 12.6 Å². The van der Waals surface area contributed by atoms with Crippen LogP contribution < -0.4 is 9.80 Å². The average molecular weight is 380 g/mol. The third-order valence-electron chi connectivity index (χ3n) is 5.68. The van der Waals surface area contributed by atoms with Gasteiger partial charge < -0.3 is 19.6 Å². The molecule has 0 spiro atoms. The minimum absolute atomic E-state index is 0.145. The van der Waals surface area contributed by atoms with Gasteiger partial charge in [-0.15, -0.1) is 0 Å². The lowest BCUT2D eigenvalue weighted by molar-refractivity contribution is 0.122. The summed E-state index contributed by atoms with van der Waals surface area (Å²) < 4.78 is 5.52. The number of ether oxygens (including phenoxy) is 1. The molecule has 5 heterocycles. The normalized spacial score (nSPS) is 20.2. The number of aliphatic hydroxyl groups is 1. The molecular weight excluding hydrogens is 356 g/mol. The second-order valence-corrected chi connectivity index (χ2v) is 7.30. The summed E-state index contributed by atoms with van der Waals surface area (Å²) in [5, 5.41) is 18.0.